The summed E-state index contributed by atoms with van der Waals surface area (Å²) in [5, 5.41) is 0. The predicted molar refractivity (Wildman–Crippen MR) is 46.0 cm³/mol. The summed E-state index contributed by atoms with van der Waals surface area (Å²) >= 11 is 0. The number of nitrogens with zero attached hydrogens (tertiary/aromatic N) is 2. The second-order valence-corrected chi connectivity index (χ2v) is 2.88. The van der Waals surface area contributed by atoms with Crippen molar-refractivity contribution in [1.29, 1.82) is 0 Å². The van der Waals surface area contributed by atoms with E-state index in [1.807, 2.05) is 18.4 Å². The van der Waals surface area contributed by atoms with Gasteiger partial charge in [0.1, 0.15) is 0 Å². The molecule has 1 aromatic heterocycles. The Morgan fingerprint density at radius 2 is 2.42 bits per heavy atom. The molecule has 1 aromatic rings. The van der Waals surface area contributed by atoms with Crippen molar-refractivity contribution in [3.63, 3.8) is 0 Å². The molecule has 0 aromatic carbocycles. The van der Waals surface area contributed by atoms with E-state index in [-0.39, 0.29) is 18.4 Å². The van der Waals surface area contributed by atoms with Gasteiger partial charge in [0.2, 0.25) is 5.78 Å². The molecule has 66 valence electrons. The number of rotatable bonds is 3. The highest BCUT2D eigenvalue weighted by Crippen LogP contribution is 2.07. The Bertz CT molecular complexity index is 278. The van der Waals surface area contributed by atoms with Gasteiger partial charge in [0.25, 0.3) is 0 Å². The molecule has 0 bridgehead atoms. The van der Waals surface area contributed by atoms with Crippen LogP contribution in [0.25, 0.3) is 0 Å². The molecule has 2 N–H and O–H groups in total. The van der Waals surface area contributed by atoms with Gasteiger partial charge in [-0.1, -0.05) is 0 Å². The Kier molecular flexibility index (Phi) is 2.60. The first kappa shape index (κ1) is 8.93. The number of hydrogen-bond donors (Lipinski definition) is 1. The Morgan fingerprint density at radius 3 is 2.92 bits per heavy atom. The van der Waals surface area contributed by atoms with Gasteiger partial charge in [-0.2, -0.15) is 0 Å². The molecule has 0 saturated carbocycles. The van der Waals surface area contributed by atoms with Crippen molar-refractivity contribution < 1.29 is 4.79 Å². The zero-order valence-corrected chi connectivity index (χ0v) is 7.32. The summed E-state index contributed by atoms with van der Waals surface area (Å²) in [5.74, 6) is 0.334. The third-order valence-electron chi connectivity index (χ3n) is 1.66. The fourth-order valence-corrected chi connectivity index (χ4v) is 1.04. The van der Waals surface area contributed by atoms with Crippen molar-refractivity contribution in [3.05, 3.63) is 18.2 Å². The molecule has 4 heteroatoms. The summed E-state index contributed by atoms with van der Waals surface area (Å²) in [6.07, 6.45) is 3.40. The maximum Gasteiger partial charge on any atom is 0.211 e. The topological polar surface area (TPSA) is 60.9 Å². The van der Waals surface area contributed by atoms with Crippen LogP contribution in [0.3, 0.4) is 0 Å². The normalized spacial score (nSPS) is 10.7. The molecular weight excluding hydrogens is 154 g/mol. The van der Waals surface area contributed by atoms with Crippen molar-refractivity contribution in [3.8, 4) is 0 Å². The van der Waals surface area contributed by atoms with Crippen LogP contribution in [0.4, 0.5) is 0 Å². The first-order chi connectivity index (χ1) is 5.66. The highest BCUT2D eigenvalue weighted by Gasteiger charge is 2.11. The maximum absolute atomic E-state index is 11.2. The lowest BCUT2D eigenvalue weighted by Crippen LogP contribution is -2.19. The number of carbonyl (C=O) groups is 1. The minimum Gasteiger partial charge on any atom is -0.326 e. The van der Waals surface area contributed by atoms with Gasteiger partial charge in [-0.3, -0.25) is 4.79 Å². The monoisotopic (exact) mass is 167 g/mol. The van der Waals surface area contributed by atoms with E-state index >= 15 is 0 Å². The second-order valence-electron chi connectivity index (χ2n) is 2.88. The maximum atomic E-state index is 11.2. The first-order valence-electron chi connectivity index (χ1n) is 3.93. The largest absolute Gasteiger partial charge is 0.326 e. The number of nitrogens with two attached hydrogens (primary N) is 1. The molecule has 1 heterocycles. The van der Waals surface area contributed by atoms with E-state index in [9.17, 15) is 4.79 Å². The zero-order chi connectivity index (χ0) is 9.14. The second kappa shape index (κ2) is 3.49. The van der Waals surface area contributed by atoms with E-state index in [1.54, 1.807) is 12.4 Å². The first-order valence-corrected chi connectivity index (χ1v) is 3.93. The summed E-state index contributed by atoms with van der Waals surface area (Å²) in [6.45, 7) is 4.01. The molecule has 0 aliphatic carbocycles. The smallest absolute Gasteiger partial charge is 0.211 e. The molecule has 4 nitrogen and oxygen atoms in total. The van der Waals surface area contributed by atoms with E-state index in [1.165, 1.54) is 0 Å². The molecule has 0 amide bonds. The van der Waals surface area contributed by atoms with E-state index in [0.29, 0.717) is 5.82 Å². The molecule has 0 saturated heterocycles. The standard InChI is InChI=1S/C8H13N3O/c1-6(2)11-4-3-10-8(11)7(12)5-9/h3-4,6H,5,9H2,1-2H3. The third kappa shape index (κ3) is 1.53. The number of Topliss-reactive ketones (excluding diaryl/α,β-unsaturated/α-hetero) is 1. The van der Waals surface area contributed by atoms with E-state index in [0.717, 1.165) is 0 Å². The SMILES string of the molecule is CC(C)n1ccnc1C(=O)CN. The van der Waals surface area contributed by atoms with Crippen LogP contribution in [0.1, 0.15) is 30.5 Å². The Morgan fingerprint density at radius 1 is 1.75 bits per heavy atom. The van der Waals surface area contributed by atoms with Crippen molar-refractivity contribution >= 4 is 5.78 Å². The van der Waals surface area contributed by atoms with Crippen LogP contribution in [-0.4, -0.2) is 21.9 Å². The van der Waals surface area contributed by atoms with E-state index in [4.69, 9.17) is 5.73 Å². The van der Waals surface area contributed by atoms with Crippen LogP contribution in [-0.2, 0) is 0 Å². The number of carbonyl (C=O) groups excluding carboxylic acids is 1. The van der Waals surface area contributed by atoms with Crippen LogP contribution >= 0.6 is 0 Å². The average Bonchev–Trinajstić information content (AvgIpc) is 2.50. The quantitative estimate of drug-likeness (QED) is 0.671. The lowest BCUT2D eigenvalue weighted by atomic mass is 10.3. The highest BCUT2D eigenvalue weighted by molar-refractivity contribution is 5.94. The number of imidazole rings is 1. The molecule has 0 aliphatic rings. The van der Waals surface area contributed by atoms with E-state index < -0.39 is 0 Å². The van der Waals surface area contributed by atoms with Crippen molar-refractivity contribution in [1.82, 2.24) is 9.55 Å². The van der Waals surface area contributed by atoms with Crippen molar-refractivity contribution in [2.45, 2.75) is 19.9 Å². The summed E-state index contributed by atoms with van der Waals surface area (Å²) in [5.41, 5.74) is 5.23. The van der Waals surface area contributed by atoms with E-state index in [2.05, 4.69) is 4.98 Å². The third-order valence-corrected chi connectivity index (χ3v) is 1.66. The van der Waals surface area contributed by atoms with Crippen LogP contribution in [0.15, 0.2) is 12.4 Å². The predicted octanol–water partition coefficient (Wildman–Crippen LogP) is 0.605. The molecule has 1 rings (SSSR count). The van der Waals surface area contributed by atoms with Crippen molar-refractivity contribution in [2.24, 2.45) is 5.73 Å². The number of aromatic nitrogens is 2. The molecule has 12 heavy (non-hydrogen) atoms. The molecule has 0 atom stereocenters. The lowest BCUT2D eigenvalue weighted by Gasteiger charge is -2.09. The summed E-state index contributed by atoms with van der Waals surface area (Å²) < 4.78 is 1.81. The Hall–Kier alpha value is -1.16. The summed E-state index contributed by atoms with van der Waals surface area (Å²) in [7, 11) is 0. The molecular formula is C8H13N3O. The van der Waals surface area contributed by atoms with Gasteiger partial charge >= 0.3 is 0 Å². The molecule has 0 aliphatic heterocycles. The minimum atomic E-state index is -0.117. The van der Waals surface area contributed by atoms with Crippen LogP contribution in [0.2, 0.25) is 0 Å². The summed E-state index contributed by atoms with van der Waals surface area (Å²) in [4.78, 5) is 15.1. The van der Waals surface area contributed by atoms with Gasteiger partial charge in [0.05, 0.1) is 6.54 Å². The number of hydrogen-bond acceptors (Lipinski definition) is 3. The van der Waals surface area contributed by atoms with Crippen LogP contribution in [0, 0.1) is 0 Å². The molecule has 0 unspecified atom stereocenters. The highest BCUT2D eigenvalue weighted by atomic mass is 16.1. The van der Waals surface area contributed by atoms with Gasteiger partial charge in [-0.15, -0.1) is 0 Å². The fourth-order valence-electron chi connectivity index (χ4n) is 1.04. The molecule has 0 radical (unpaired) electrons. The van der Waals surface area contributed by atoms with Crippen molar-refractivity contribution in [2.75, 3.05) is 6.54 Å². The van der Waals surface area contributed by atoms with Gasteiger partial charge in [0, 0.05) is 18.4 Å². The fraction of sp³-hybridized carbons (Fsp3) is 0.500. The summed E-state index contributed by atoms with van der Waals surface area (Å²) in [6, 6.07) is 0.248. The van der Waals surface area contributed by atoms with Gasteiger partial charge in [-0.25, -0.2) is 4.98 Å². The Labute approximate surface area is 71.4 Å². The minimum absolute atomic E-state index is 0.0176. The van der Waals surface area contributed by atoms with Gasteiger partial charge < -0.3 is 10.3 Å². The molecule has 0 spiro atoms. The van der Waals surface area contributed by atoms with Crippen LogP contribution < -0.4 is 5.73 Å². The number of ketones is 1. The van der Waals surface area contributed by atoms with Gasteiger partial charge in [0.15, 0.2) is 5.82 Å². The van der Waals surface area contributed by atoms with Crippen LogP contribution in [0.5, 0.6) is 0 Å². The molecule has 0 fully saturated rings. The Balaban J connectivity index is 2.99. The average molecular weight is 167 g/mol. The van der Waals surface area contributed by atoms with Gasteiger partial charge in [-0.05, 0) is 13.8 Å². The lowest BCUT2D eigenvalue weighted by molar-refractivity contribution is 0.0986. The zero-order valence-electron chi connectivity index (χ0n) is 7.32.